The van der Waals surface area contributed by atoms with Gasteiger partial charge in [0.1, 0.15) is 11.7 Å². The van der Waals surface area contributed by atoms with Crippen molar-refractivity contribution >= 4 is 27.1 Å². The molecule has 21 heavy (non-hydrogen) atoms. The van der Waals surface area contributed by atoms with Crippen LogP contribution in [0.3, 0.4) is 0 Å². The summed E-state index contributed by atoms with van der Waals surface area (Å²) in [6, 6.07) is 2.65. The van der Waals surface area contributed by atoms with Gasteiger partial charge in [0.05, 0.1) is 9.82 Å². The molecule has 0 spiro atoms. The summed E-state index contributed by atoms with van der Waals surface area (Å²) in [7, 11) is -3.56. The number of carbonyl (C=O) groups is 1. The lowest BCUT2D eigenvalue weighted by atomic mass is 10.0. The Kier molecular flexibility index (Phi) is 4.89. The summed E-state index contributed by atoms with van der Waals surface area (Å²) in [6.07, 6.45) is 0.958. The van der Waals surface area contributed by atoms with Gasteiger partial charge in [0.25, 0.3) is 5.69 Å². The number of amides is 1. The molecule has 1 amide bonds. The molecular formula is C12H17N3O5S. The summed E-state index contributed by atoms with van der Waals surface area (Å²) in [5.41, 5.74) is 4.86. The van der Waals surface area contributed by atoms with Crippen LogP contribution in [0.2, 0.25) is 0 Å². The lowest BCUT2D eigenvalue weighted by Gasteiger charge is -2.20. The van der Waals surface area contributed by atoms with E-state index in [0.717, 1.165) is 12.3 Å². The number of hydrogen-bond acceptors (Lipinski definition) is 6. The standard InChI is InChI=1S/C12H17N3O5S/c1-7(2)11(12(13)16)14-9-5-4-8(21(3,19)20)6-10(9)15(17)18/h4-7,11,14H,1-3H3,(H2,13,16). The van der Waals surface area contributed by atoms with Crippen molar-refractivity contribution in [1.29, 1.82) is 0 Å². The molecule has 0 heterocycles. The van der Waals surface area contributed by atoms with Gasteiger partial charge in [0, 0.05) is 12.3 Å². The van der Waals surface area contributed by atoms with Crippen molar-refractivity contribution in [3.8, 4) is 0 Å². The van der Waals surface area contributed by atoms with Crippen molar-refractivity contribution in [1.82, 2.24) is 0 Å². The average molecular weight is 315 g/mol. The van der Waals surface area contributed by atoms with Crippen molar-refractivity contribution in [2.45, 2.75) is 24.8 Å². The van der Waals surface area contributed by atoms with Crippen LogP contribution in [0.15, 0.2) is 23.1 Å². The largest absolute Gasteiger partial charge is 0.368 e. The second-order valence-corrected chi connectivity index (χ2v) is 6.99. The highest BCUT2D eigenvalue weighted by Crippen LogP contribution is 2.28. The lowest BCUT2D eigenvalue weighted by molar-refractivity contribution is -0.384. The van der Waals surface area contributed by atoms with Crippen LogP contribution >= 0.6 is 0 Å². The Hall–Kier alpha value is -2.16. The van der Waals surface area contributed by atoms with Crippen LogP contribution < -0.4 is 11.1 Å². The van der Waals surface area contributed by atoms with Crippen LogP contribution in [0.1, 0.15) is 13.8 Å². The second-order valence-electron chi connectivity index (χ2n) is 4.98. The minimum absolute atomic E-state index is 0.0462. The number of nitrogens with two attached hydrogens (primary N) is 1. The van der Waals surface area contributed by atoms with Crippen LogP contribution in [0.5, 0.6) is 0 Å². The van der Waals surface area contributed by atoms with E-state index in [-0.39, 0.29) is 16.5 Å². The Morgan fingerprint density at radius 1 is 1.38 bits per heavy atom. The zero-order chi connectivity index (χ0) is 16.4. The number of nitro benzene ring substituents is 1. The third-order valence-corrected chi connectivity index (χ3v) is 3.99. The fraction of sp³-hybridized carbons (Fsp3) is 0.417. The first-order valence-corrected chi connectivity index (χ1v) is 7.97. The number of nitrogens with zero attached hydrogens (tertiary/aromatic N) is 1. The molecule has 0 radical (unpaired) electrons. The van der Waals surface area contributed by atoms with Crippen molar-refractivity contribution < 1.29 is 18.1 Å². The van der Waals surface area contributed by atoms with Crippen molar-refractivity contribution in [3.63, 3.8) is 0 Å². The molecular weight excluding hydrogens is 298 g/mol. The van der Waals surface area contributed by atoms with E-state index in [9.17, 15) is 23.3 Å². The normalized spacial score (nSPS) is 13.0. The SMILES string of the molecule is CC(C)C(Nc1ccc(S(C)(=O)=O)cc1[N+](=O)[O-])C(N)=O. The number of nitro groups is 1. The van der Waals surface area contributed by atoms with Gasteiger partial charge >= 0.3 is 0 Å². The molecule has 1 unspecified atom stereocenters. The molecule has 1 aromatic rings. The van der Waals surface area contributed by atoms with Crippen LogP contribution in [0, 0.1) is 16.0 Å². The molecule has 1 atom stereocenters. The number of benzene rings is 1. The van der Waals surface area contributed by atoms with Gasteiger partial charge in [-0.1, -0.05) is 13.8 Å². The Bertz CT molecular complexity index is 669. The van der Waals surface area contributed by atoms with Crippen molar-refractivity contribution in [3.05, 3.63) is 28.3 Å². The van der Waals surface area contributed by atoms with E-state index >= 15 is 0 Å². The van der Waals surface area contributed by atoms with E-state index in [4.69, 9.17) is 5.73 Å². The monoisotopic (exact) mass is 315 g/mol. The van der Waals surface area contributed by atoms with Crippen LogP contribution in [-0.4, -0.2) is 31.5 Å². The lowest BCUT2D eigenvalue weighted by Crippen LogP contribution is -2.39. The third kappa shape index (κ3) is 4.15. The summed E-state index contributed by atoms with van der Waals surface area (Å²) in [6.45, 7) is 3.47. The molecule has 0 bridgehead atoms. The van der Waals surface area contributed by atoms with E-state index in [1.54, 1.807) is 13.8 Å². The van der Waals surface area contributed by atoms with Crippen molar-refractivity contribution in [2.75, 3.05) is 11.6 Å². The molecule has 3 N–H and O–H groups in total. The molecule has 0 aliphatic rings. The van der Waals surface area contributed by atoms with E-state index in [1.165, 1.54) is 12.1 Å². The predicted molar refractivity (Wildman–Crippen MR) is 77.6 cm³/mol. The Labute approximate surface area is 122 Å². The summed E-state index contributed by atoms with van der Waals surface area (Å²) >= 11 is 0. The molecule has 0 aromatic heterocycles. The highest BCUT2D eigenvalue weighted by Gasteiger charge is 2.24. The second kappa shape index (κ2) is 6.08. The zero-order valence-corrected chi connectivity index (χ0v) is 12.7. The van der Waals surface area contributed by atoms with Gasteiger partial charge in [-0.25, -0.2) is 8.42 Å². The molecule has 1 aromatic carbocycles. The van der Waals surface area contributed by atoms with Crippen LogP contribution in [0.25, 0.3) is 0 Å². The maximum absolute atomic E-state index is 11.4. The number of primary amides is 1. The fourth-order valence-corrected chi connectivity index (χ4v) is 2.39. The number of sulfone groups is 1. The summed E-state index contributed by atoms with van der Waals surface area (Å²) in [5.74, 6) is -0.830. The molecule has 9 heteroatoms. The van der Waals surface area contributed by atoms with Crippen LogP contribution in [0.4, 0.5) is 11.4 Å². The molecule has 1 rings (SSSR count). The molecule has 0 aliphatic carbocycles. The van der Waals surface area contributed by atoms with E-state index in [1.807, 2.05) is 0 Å². The number of anilines is 1. The Morgan fingerprint density at radius 2 is 1.95 bits per heavy atom. The smallest absolute Gasteiger partial charge is 0.293 e. The first kappa shape index (κ1) is 16.9. The zero-order valence-electron chi connectivity index (χ0n) is 11.9. The van der Waals surface area contributed by atoms with E-state index < -0.39 is 32.4 Å². The van der Waals surface area contributed by atoms with Gasteiger partial charge in [-0.15, -0.1) is 0 Å². The fourth-order valence-electron chi connectivity index (χ4n) is 1.75. The minimum atomic E-state index is -3.56. The third-order valence-electron chi connectivity index (χ3n) is 2.88. The van der Waals surface area contributed by atoms with Crippen LogP contribution in [-0.2, 0) is 14.6 Å². The van der Waals surface area contributed by atoms with Gasteiger partial charge in [-0.3, -0.25) is 14.9 Å². The topological polar surface area (TPSA) is 132 Å². The van der Waals surface area contributed by atoms with Gasteiger partial charge < -0.3 is 11.1 Å². The molecule has 0 fully saturated rings. The Morgan fingerprint density at radius 3 is 2.33 bits per heavy atom. The summed E-state index contributed by atoms with van der Waals surface area (Å²) < 4.78 is 22.9. The molecule has 0 saturated carbocycles. The summed E-state index contributed by atoms with van der Waals surface area (Å²) in [5, 5.41) is 13.8. The quantitative estimate of drug-likeness (QED) is 0.592. The van der Waals surface area contributed by atoms with E-state index in [0.29, 0.717) is 0 Å². The number of rotatable bonds is 6. The van der Waals surface area contributed by atoms with Gasteiger partial charge in [0.2, 0.25) is 5.91 Å². The average Bonchev–Trinajstić information content (AvgIpc) is 2.33. The maximum Gasteiger partial charge on any atom is 0.293 e. The van der Waals surface area contributed by atoms with Gasteiger partial charge in [0.15, 0.2) is 9.84 Å². The van der Waals surface area contributed by atoms with E-state index in [2.05, 4.69) is 5.32 Å². The Balaban J connectivity index is 3.31. The first-order valence-electron chi connectivity index (χ1n) is 6.08. The first-order chi connectivity index (χ1) is 9.54. The molecule has 0 aliphatic heterocycles. The number of nitrogens with one attached hydrogen (secondary N) is 1. The highest BCUT2D eigenvalue weighted by atomic mass is 32.2. The number of carbonyl (C=O) groups excluding carboxylic acids is 1. The predicted octanol–water partition coefficient (Wildman–Crippen LogP) is 0.920. The highest BCUT2D eigenvalue weighted by molar-refractivity contribution is 7.90. The molecule has 0 saturated heterocycles. The minimum Gasteiger partial charge on any atom is -0.368 e. The van der Waals surface area contributed by atoms with Crippen molar-refractivity contribution in [2.24, 2.45) is 11.7 Å². The van der Waals surface area contributed by atoms with Gasteiger partial charge in [-0.05, 0) is 18.1 Å². The number of hydrogen-bond donors (Lipinski definition) is 2. The maximum atomic E-state index is 11.4. The molecule has 8 nitrogen and oxygen atoms in total. The van der Waals surface area contributed by atoms with Gasteiger partial charge in [-0.2, -0.15) is 0 Å². The molecule has 116 valence electrons. The summed E-state index contributed by atoms with van der Waals surface area (Å²) in [4.78, 5) is 21.5.